The topological polar surface area (TPSA) is 55.1 Å². The molecule has 0 bridgehead atoms. The third-order valence-electron chi connectivity index (χ3n) is 1.03. The average molecular weight is 184 g/mol. The van der Waals surface area contributed by atoms with Crippen LogP contribution in [-0.4, -0.2) is 24.2 Å². The molecule has 0 aliphatic rings. The Morgan fingerprint density at radius 1 is 1.42 bits per heavy atom. The first-order valence-electron chi connectivity index (χ1n) is 3.27. The third-order valence-corrected chi connectivity index (χ3v) is 1.03. The summed E-state index contributed by atoms with van der Waals surface area (Å²) >= 11 is 0. The van der Waals surface area contributed by atoms with E-state index in [1.165, 1.54) is 13.8 Å². The zero-order valence-electron chi connectivity index (χ0n) is 6.83. The lowest BCUT2D eigenvalue weighted by Crippen LogP contribution is -2.51. The van der Waals surface area contributed by atoms with Gasteiger partial charge in [-0.2, -0.15) is 13.2 Å². The van der Waals surface area contributed by atoms with Crippen LogP contribution in [0.4, 0.5) is 13.2 Å². The SMILES string of the molecule is CC(C)(N)C(=O)NCC(F)(F)F. The van der Waals surface area contributed by atoms with Crippen LogP contribution < -0.4 is 11.1 Å². The Hall–Kier alpha value is -0.780. The molecule has 0 atom stereocenters. The summed E-state index contributed by atoms with van der Waals surface area (Å²) in [5.41, 5.74) is 3.96. The molecule has 0 fully saturated rings. The highest BCUT2D eigenvalue weighted by atomic mass is 19.4. The van der Waals surface area contributed by atoms with Crippen molar-refractivity contribution in [2.75, 3.05) is 6.54 Å². The van der Waals surface area contributed by atoms with Gasteiger partial charge in [-0.25, -0.2) is 0 Å². The van der Waals surface area contributed by atoms with Gasteiger partial charge in [0.25, 0.3) is 0 Å². The summed E-state index contributed by atoms with van der Waals surface area (Å²) < 4.78 is 34.6. The van der Waals surface area contributed by atoms with Crippen LogP contribution in [0.1, 0.15) is 13.8 Å². The number of nitrogens with two attached hydrogens (primary N) is 1. The molecule has 0 aliphatic carbocycles. The summed E-state index contributed by atoms with van der Waals surface area (Å²) in [5, 5.41) is 1.67. The number of alkyl halides is 3. The molecule has 0 aromatic rings. The molecule has 0 aromatic carbocycles. The van der Waals surface area contributed by atoms with Crippen molar-refractivity contribution in [3.8, 4) is 0 Å². The number of amides is 1. The van der Waals surface area contributed by atoms with Gasteiger partial charge in [0.1, 0.15) is 6.54 Å². The number of rotatable bonds is 2. The van der Waals surface area contributed by atoms with E-state index in [2.05, 4.69) is 0 Å². The molecule has 0 spiro atoms. The molecular formula is C6H11F3N2O. The smallest absolute Gasteiger partial charge is 0.345 e. The van der Waals surface area contributed by atoms with Crippen LogP contribution >= 0.6 is 0 Å². The Morgan fingerprint density at radius 3 is 2.08 bits per heavy atom. The monoisotopic (exact) mass is 184 g/mol. The van der Waals surface area contributed by atoms with E-state index in [1.54, 1.807) is 5.32 Å². The number of carbonyl (C=O) groups is 1. The summed E-state index contributed by atoms with van der Waals surface area (Å²) in [6.45, 7) is 1.32. The molecule has 3 N–H and O–H groups in total. The zero-order valence-corrected chi connectivity index (χ0v) is 6.83. The van der Waals surface area contributed by atoms with E-state index in [1.807, 2.05) is 0 Å². The molecule has 0 rings (SSSR count). The van der Waals surface area contributed by atoms with Gasteiger partial charge in [0.15, 0.2) is 0 Å². The van der Waals surface area contributed by atoms with Gasteiger partial charge in [-0.15, -0.1) is 0 Å². The fourth-order valence-electron chi connectivity index (χ4n) is 0.408. The van der Waals surface area contributed by atoms with Crippen molar-refractivity contribution < 1.29 is 18.0 Å². The molecule has 1 amide bonds. The van der Waals surface area contributed by atoms with Crippen molar-refractivity contribution in [1.29, 1.82) is 0 Å². The molecule has 0 heterocycles. The number of nitrogens with one attached hydrogen (secondary N) is 1. The Morgan fingerprint density at radius 2 is 1.83 bits per heavy atom. The molecular weight excluding hydrogens is 173 g/mol. The summed E-state index contributed by atoms with van der Waals surface area (Å²) in [6, 6.07) is 0. The lowest BCUT2D eigenvalue weighted by molar-refractivity contribution is -0.140. The molecule has 0 aromatic heterocycles. The molecule has 12 heavy (non-hydrogen) atoms. The zero-order chi connectivity index (χ0) is 9.99. The van der Waals surface area contributed by atoms with Gasteiger partial charge in [-0.1, -0.05) is 0 Å². The van der Waals surface area contributed by atoms with Gasteiger partial charge in [0.05, 0.1) is 5.54 Å². The largest absolute Gasteiger partial charge is 0.405 e. The maximum absolute atomic E-state index is 11.5. The standard InChI is InChI=1S/C6H11F3N2O/c1-5(2,10)4(12)11-3-6(7,8)9/h3,10H2,1-2H3,(H,11,12). The minimum absolute atomic E-state index is 0.820. The highest BCUT2D eigenvalue weighted by molar-refractivity contribution is 5.85. The van der Waals surface area contributed by atoms with Gasteiger partial charge in [0, 0.05) is 0 Å². The van der Waals surface area contributed by atoms with Crippen LogP contribution in [-0.2, 0) is 4.79 Å². The second kappa shape index (κ2) is 3.30. The van der Waals surface area contributed by atoms with E-state index in [9.17, 15) is 18.0 Å². The molecule has 72 valence electrons. The average Bonchev–Trinajstić information content (AvgIpc) is 1.78. The molecule has 0 saturated carbocycles. The molecule has 0 radical (unpaired) electrons. The van der Waals surface area contributed by atoms with E-state index in [0.717, 1.165) is 0 Å². The van der Waals surface area contributed by atoms with E-state index < -0.39 is 24.2 Å². The molecule has 0 saturated heterocycles. The summed E-state index contributed by atoms with van der Waals surface area (Å²) in [4.78, 5) is 10.8. The number of hydrogen-bond acceptors (Lipinski definition) is 2. The second-order valence-electron chi connectivity index (χ2n) is 3.02. The van der Waals surface area contributed by atoms with Crippen molar-refractivity contribution >= 4 is 5.91 Å². The van der Waals surface area contributed by atoms with Crippen LogP contribution in [0.25, 0.3) is 0 Å². The first kappa shape index (κ1) is 11.2. The van der Waals surface area contributed by atoms with Crippen LogP contribution in [0.15, 0.2) is 0 Å². The van der Waals surface area contributed by atoms with Crippen LogP contribution in [0.5, 0.6) is 0 Å². The third kappa shape index (κ3) is 4.95. The van der Waals surface area contributed by atoms with Gasteiger partial charge < -0.3 is 11.1 Å². The van der Waals surface area contributed by atoms with Crippen molar-refractivity contribution in [1.82, 2.24) is 5.32 Å². The highest BCUT2D eigenvalue weighted by Gasteiger charge is 2.30. The van der Waals surface area contributed by atoms with Gasteiger partial charge in [-0.05, 0) is 13.8 Å². The van der Waals surface area contributed by atoms with Crippen LogP contribution in [0.3, 0.4) is 0 Å². The first-order valence-corrected chi connectivity index (χ1v) is 3.27. The number of halogens is 3. The normalized spacial score (nSPS) is 12.8. The molecule has 6 heteroatoms. The summed E-state index contributed by atoms with van der Waals surface area (Å²) in [7, 11) is 0. The molecule has 0 unspecified atom stereocenters. The van der Waals surface area contributed by atoms with Crippen molar-refractivity contribution in [2.45, 2.75) is 25.6 Å². The van der Waals surface area contributed by atoms with Gasteiger partial charge >= 0.3 is 6.18 Å². The molecule has 0 aliphatic heterocycles. The first-order chi connectivity index (χ1) is 5.13. The summed E-state index contributed by atoms with van der Waals surface area (Å²) in [5.74, 6) is -0.820. The quantitative estimate of drug-likeness (QED) is 0.652. The Balaban J connectivity index is 3.90. The predicted molar refractivity (Wildman–Crippen MR) is 37.3 cm³/mol. The predicted octanol–water partition coefficient (Wildman–Crippen LogP) is 0.402. The minimum Gasteiger partial charge on any atom is -0.345 e. The number of hydrogen-bond donors (Lipinski definition) is 2. The lowest BCUT2D eigenvalue weighted by atomic mass is 10.1. The van der Waals surface area contributed by atoms with Gasteiger partial charge in [0.2, 0.25) is 5.91 Å². The fourth-order valence-corrected chi connectivity index (χ4v) is 0.408. The Kier molecular flexibility index (Phi) is 3.09. The molecule has 3 nitrogen and oxygen atoms in total. The van der Waals surface area contributed by atoms with E-state index in [0.29, 0.717) is 0 Å². The van der Waals surface area contributed by atoms with Crippen molar-refractivity contribution in [3.63, 3.8) is 0 Å². The van der Waals surface area contributed by atoms with Crippen LogP contribution in [0, 0.1) is 0 Å². The maximum Gasteiger partial charge on any atom is 0.405 e. The fraction of sp³-hybridized carbons (Fsp3) is 0.833. The lowest BCUT2D eigenvalue weighted by Gasteiger charge is -2.18. The summed E-state index contributed by atoms with van der Waals surface area (Å²) in [6.07, 6.45) is -4.39. The maximum atomic E-state index is 11.5. The highest BCUT2D eigenvalue weighted by Crippen LogP contribution is 2.12. The second-order valence-corrected chi connectivity index (χ2v) is 3.02. The minimum atomic E-state index is -4.39. The van der Waals surface area contributed by atoms with Crippen LogP contribution in [0.2, 0.25) is 0 Å². The van der Waals surface area contributed by atoms with E-state index >= 15 is 0 Å². The Bertz CT molecular complexity index is 171. The van der Waals surface area contributed by atoms with Gasteiger partial charge in [-0.3, -0.25) is 4.79 Å². The van der Waals surface area contributed by atoms with E-state index in [4.69, 9.17) is 5.73 Å². The van der Waals surface area contributed by atoms with E-state index in [-0.39, 0.29) is 0 Å². The van der Waals surface area contributed by atoms with Crippen molar-refractivity contribution in [2.24, 2.45) is 5.73 Å². The number of carbonyl (C=O) groups excluding carboxylic acids is 1. The Labute approximate surface area is 68.1 Å². The van der Waals surface area contributed by atoms with Crippen molar-refractivity contribution in [3.05, 3.63) is 0 Å².